The molecule has 3 aromatic carbocycles. The molecule has 2 N–H and O–H groups in total. The minimum Gasteiger partial charge on any atom is -0.342 e. The van der Waals surface area contributed by atoms with E-state index in [9.17, 15) is 0 Å². The van der Waals surface area contributed by atoms with Crippen molar-refractivity contribution >= 4 is 43.2 Å². The van der Waals surface area contributed by atoms with E-state index in [-0.39, 0.29) is 0 Å². The van der Waals surface area contributed by atoms with Crippen molar-refractivity contribution in [3.05, 3.63) is 71.8 Å². The van der Waals surface area contributed by atoms with E-state index in [2.05, 4.69) is 68.9 Å². The average Bonchev–Trinajstić information content (AvgIpc) is 3.47. The summed E-state index contributed by atoms with van der Waals surface area (Å²) in [4.78, 5) is 15.8. The highest BCUT2D eigenvalue weighted by molar-refractivity contribution is 7.18. The molecule has 0 saturated carbocycles. The van der Waals surface area contributed by atoms with Crippen molar-refractivity contribution in [1.29, 1.82) is 0 Å². The number of nitrogens with zero attached hydrogens (tertiary/aromatic N) is 2. The molecule has 3 aromatic heterocycles. The van der Waals surface area contributed by atoms with E-state index in [1.807, 2.05) is 20.0 Å². The first-order valence-electron chi connectivity index (χ1n) is 9.59. The van der Waals surface area contributed by atoms with Crippen LogP contribution in [0.4, 0.5) is 0 Å². The maximum atomic E-state index is 4.73. The summed E-state index contributed by atoms with van der Waals surface area (Å²) in [5.41, 5.74) is 6.81. The topological polar surface area (TPSA) is 57.4 Å². The Labute approximate surface area is 171 Å². The maximum Gasteiger partial charge on any atom is 0.104 e. The third-order valence-corrected chi connectivity index (χ3v) is 6.46. The molecule has 140 valence electrons. The van der Waals surface area contributed by atoms with Crippen LogP contribution in [0.15, 0.2) is 60.1 Å². The average molecular weight is 395 g/mol. The van der Waals surface area contributed by atoms with Gasteiger partial charge in [-0.1, -0.05) is 36.4 Å². The van der Waals surface area contributed by atoms with Crippen molar-refractivity contribution in [3.63, 3.8) is 0 Å². The zero-order valence-electron chi connectivity index (χ0n) is 16.1. The number of aryl methyl sites for hydroxylation is 2. The van der Waals surface area contributed by atoms with E-state index < -0.39 is 0 Å². The second-order valence-electron chi connectivity index (χ2n) is 7.43. The van der Waals surface area contributed by atoms with Gasteiger partial charge < -0.3 is 9.97 Å². The monoisotopic (exact) mass is 394 g/mol. The zero-order valence-corrected chi connectivity index (χ0v) is 16.9. The SMILES string of the molecule is Cc1ncc(-c2ccc(-c3ccc4c(c3)c3sccc3c3nc(C)[nH]c43)cc2)[nH]1. The molecule has 4 nitrogen and oxygen atoms in total. The van der Waals surface area contributed by atoms with Crippen LogP contribution in [0.5, 0.6) is 0 Å². The highest BCUT2D eigenvalue weighted by Gasteiger charge is 2.13. The summed E-state index contributed by atoms with van der Waals surface area (Å²) in [6, 6.07) is 17.6. The molecular formula is C24H18N4S. The molecule has 0 fully saturated rings. The Balaban J connectivity index is 1.53. The van der Waals surface area contributed by atoms with Gasteiger partial charge in [-0.3, -0.25) is 0 Å². The maximum absolute atomic E-state index is 4.73. The third-order valence-electron chi connectivity index (χ3n) is 5.51. The Morgan fingerprint density at radius 1 is 0.759 bits per heavy atom. The van der Waals surface area contributed by atoms with Crippen LogP contribution < -0.4 is 0 Å². The van der Waals surface area contributed by atoms with Gasteiger partial charge in [-0.25, -0.2) is 9.97 Å². The molecule has 6 aromatic rings. The first kappa shape index (κ1) is 16.5. The number of nitrogens with one attached hydrogen (secondary N) is 2. The molecule has 0 unspecified atom stereocenters. The van der Waals surface area contributed by atoms with Crippen molar-refractivity contribution in [3.8, 4) is 22.4 Å². The zero-order chi connectivity index (χ0) is 19.5. The van der Waals surface area contributed by atoms with Crippen LogP contribution in [0, 0.1) is 13.8 Å². The number of thiophene rings is 1. The lowest BCUT2D eigenvalue weighted by atomic mass is 9.98. The Kier molecular flexibility index (Phi) is 3.43. The molecular weight excluding hydrogens is 376 g/mol. The second-order valence-corrected chi connectivity index (χ2v) is 8.35. The quantitative estimate of drug-likeness (QED) is 0.347. The number of aromatic amines is 2. The van der Waals surface area contributed by atoms with E-state index in [1.165, 1.54) is 32.0 Å². The highest BCUT2D eigenvalue weighted by Crippen LogP contribution is 2.38. The molecule has 0 aliphatic carbocycles. The van der Waals surface area contributed by atoms with Gasteiger partial charge in [0.1, 0.15) is 11.6 Å². The van der Waals surface area contributed by atoms with E-state index in [4.69, 9.17) is 4.98 Å². The molecule has 0 spiro atoms. The molecule has 0 aliphatic rings. The van der Waals surface area contributed by atoms with Crippen molar-refractivity contribution in [2.75, 3.05) is 0 Å². The fraction of sp³-hybridized carbons (Fsp3) is 0.0833. The first-order valence-corrected chi connectivity index (χ1v) is 10.5. The van der Waals surface area contributed by atoms with Crippen LogP contribution in [0.25, 0.3) is 54.3 Å². The van der Waals surface area contributed by atoms with Gasteiger partial charge in [0.25, 0.3) is 0 Å². The van der Waals surface area contributed by atoms with Gasteiger partial charge in [-0.15, -0.1) is 11.3 Å². The van der Waals surface area contributed by atoms with Crippen LogP contribution in [0.1, 0.15) is 11.6 Å². The van der Waals surface area contributed by atoms with Crippen molar-refractivity contribution in [2.24, 2.45) is 0 Å². The summed E-state index contributed by atoms with van der Waals surface area (Å²) in [6.07, 6.45) is 1.88. The number of H-pyrrole nitrogens is 2. The van der Waals surface area contributed by atoms with Crippen molar-refractivity contribution < 1.29 is 0 Å². The van der Waals surface area contributed by atoms with Gasteiger partial charge in [0.15, 0.2) is 0 Å². The summed E-state index contributed by atoms with van der Waals surface area (Å²) in [5, 5.41) is 5.88. The summed E-state index contributed by atoms with van der Waals surface area (Å²) in [5.74, 6) is 1.88. The molecule has 0 radical (unpaired) electrons. The van der Waals surface area contributed by atoms with Crippen LogP contribution in [-0.2, 0) is 0 Å². The van der Waals surface area contributed by atoms with E-state index in [0.29, 0.717) is 0 Å². The Morgan fingerprint density at radius 3 is 2.34 bits per heavy atom. The normalized spacial score (nSPS) is 11.8. The molecule has 0 aliphatic heterocycles. The second kappa shape index (κ2) is 6.03. The largest absolute Gasteiger partial charge is 0.342 e. The van der Waals surface area contributed by atoms with Crippen molar-refractivity contribution in [2.45, 2.75) is 13.8 Å². The van der Waals surface area contributed by atoms with Crippen molar-refractivity contribution in [1.82, 2.24) is 19.9 Å². The number of benzene rings is 3. The highest BCUT2D eigenvalue weighted by atomic mass is 32.1. The van der Waals surface area contributed by atoms with Gasteiger partial charge in [0.2, 0.25) is 0 Å². The molecule has 6 rings (SSSR count). The van der Waals surface area contributed by atoms with E-state index in [0.717, 1.165) is 33.9 Å². The molecule has 29 heavy (non-hydrogen) atoms. The standard InChI is InChI=1S/C24H18N4S/c1-13-25-12-21(26-13)16-5-3-15(4-6-16)17-7-8-18-20(11-17)24-19(9-10-29-24)23-22(18)27-14(2)28-23/h3-12H,1-2H3,(H,25,26)(H,27,28). The summed E-state index contributed by atoms with van der Waals surface area (Å²) in [6.45, 7) is 3.98. The summed E-state index contributed by atoms with van der Waals surface area (Å²) < 4.78 is 1.30. The fourth-order valence-electron chi connectivity index (χ4n) is 4.13. The molecule has 0 amide bonds. The van der Waals surface area contributed by atoms with Gasteiger partial charge in [0, 0.05) is 20.9 Å². The smallest absolute Gasteiger partial charge is 0.104 e. The Morgan fingerprint density at radius 2 is 1.55 bits per heavy atom. The van der Waals surface area contributed by atoms with Gasteiger partial charge in [-0.2, -0.15) is 0 Å². The van der Waals surface area contributed by atoms with Crippen LogP contribution in [0.3, 0.4) is 0 Å². The first-order chi connectivity index (χ1) is 14.2. The fourth-order valence-corrected chi connectivity index (χ4v) is 5.05. The van der Waals surface area contributed by atoms with E-state index in [1.54, 1.807) is 11.3 Å². The molecule has 3 heterocycles. The molecule has 0 atom stereocenters. The number of hydrogen-bond donors (Lipinski definition) is 2. The number of aromatic nitrogens is 4. The number of fused-ring (bicyclic) bond motifs is 6. The lowest BCUT2D eigenvalue weighted by Gasteiger charge is -2.08. The lowest BCUT2D eigenvalue weighted by molar-refractivity contribution is 1.15. The number of rotatable bonds is 2. The lowest BCUT2D eigenvalue weighted by Crippen LogP contribution is -1.83. The molecule has 0 saturated heterocycles. The molecule has 0 bridgehead atoms. The number of imidazole rings is 2. The predicted molar refractivity (Wildman–Crippen MR) is 121 cm³/mol. The summed E-state index contributed by atoms with van der Waals surface area (Å²) >= 11 is 1.78. The Hall–Kier alpha value is -3.44. The van der Waals surface area contributed by atoms with Crippen LogP contribution in [-0.4, -0.2) is 19.9 Å². The van der Waals surface area contributed by atoms with Gasteiger partial charge in [-0.05, 0) is 48.1 Å². The minimum absolute atomic E-state index is 0.930. The Bertz CT molecular complexity index is 1520. The predicted octanol–water partition coefficient (Wildman–Crippen LogP) is 6.60. The minimum atomic E-state index is 0.930. The third kappa shape index (κ3) is 2.51. The van der Waals surface area contributed by atoms with E-state index >= 15 is 0 Å². The molecule has 5 heteroatoms. The van der Waals surface area contributed by atoms with Crippen LogP contribution in [0.2, 0.25) is 0 Å². The van der Waals surface area contributed by atoms with Gasteiger partial charge >= 0.3 is 0 Å². The number of hydrogen-bond acceptors (Lipinski definition) is 3. The van der Waals surface area contributed by atoms with Gasteiger partial charge in [0.05, 0.1) is 22.9 Å². The van der Waals surface area contributed by atoms with Crippen LogP contribution >= 0.6 is 11.3 Å². The summed E-state index contributed by atoms with van der Waals surface area (Å²) in [7, 11) is 0.